The van der Waals surface area contributed by atoms with Crippen molar-refractivity contribution in [3.63, 3.8) is 0 Å². The predicted octanol–water partition coefficient (Wildman–Crippen LogP) is 2.21. The summed E-state index contributed by atoms with van der Waals surface area (Å²) in [5.41, 5.74) is 7.18. The highest BCUT2D eigenvalue weighted by Crippen LogP contribution is 2.31. The first kappa shape index (κ1) is 23.1. The fourth-order valence-corrected chi connectivity index (χ4v) is 3.74. The monoisotopic (exact) mass is 464 g/mol. The normalized spacial score (nSPS) is 19.5. The quantitative estimate of drug-likeness (QED) is 0.545. The molecule has 0 amide bonds. The molecule has 2 aromatic carbocycles. The first-order valence-corrected chi connectivity index (χ1v) is 10.7. The molecule has 1 aliphatic rings. The van der Waals surface area contributed by atoms with Gasteiger partial charge in [0, 0.05) is 6.42 Å². The number of rotatable bonds is 6. The summed E-state index contributed by atoms with van der Waals surface area (Å²) in [4.78, 5) is 45.1. The Labute approximate surface area is 195 Å². The Morgan fingerprint density at radius 1 is 1.06 bits per heavy atom. The highest BCUT2D eigenvalue weighted by molar-refractivity contribution is 5.91. The van der Waals surface area contributed by atoms with Crippen molar-refractivity contribution in [1.29, 1.82) is 0 Å². The SMILES string of the molecule is Cc1ccccc1C(=O)OC[C@@H]1O[C@H](n2cnc(N)nc2=O)C[C@H]1OC(=O)c1ccccc1C. The molecule has 1 fully saturated rings. The van der Waals surface area contributed by atoms with E-state index in [2.05, 4.69) is 9.97 Å². The van der Waals surface area contributed by atoms with Crippen LogP contribution in [-0.4, -0.2) is 45.3 Å². The lowest BCUT2D eigenvalue weighted by Crippen LogP contribution is -2.32. The molecule has 0 saturated carbocycles. The number of ether oxygens (including phenoxy) is 3. The van der Waals surface area contributed by atoms with Gasteiger partial charge in [-0.1, -0.05) is 36.4 Å². The van der Waals surface area contributed by atoms with Crippen LogP contribution in [-0.2, 0) is 14.2 Å². The van der Waals surface area contributed by atoms with Crippen LogP contribution in [0.25, 0.3) is 0 Å². The number of carbonyl (C=O) groups is 2. The number of aryl methyl sites for hydroxylation is 2. The van der Waals surface area contributed by atoms with Gasteiger partial charge < -0.3 is 19.9 Å². The summed E-state index contributed by atoms with van der Waals surface area (Å²) >= 11 is 0. The van der Waals surface area contributed by atoms with E-state index in [1.54, 1.807) is 50.2 Å². The number of nitrogen functional groups attached to an aromatic ring is 1. The van der Waals surface area contributed by atoms with Gasteiger partial charge in [-0.05, 0) is 37.1 Å². The lowest BCUT2D eigenvalue weighted by molar-refractivity contribution is -0.0584. The van der Waals surface area contributed by atoms with Crippen LogP contribution in [0.5, 0.6) is 0 Å². The maximum Gasteiger partial charge on any atom is 0.354 e. The molecule has 1 aromatic heterocycles. The fraction of sp³-hybridized carbons (Fsp3) is 0.292. The van der Waals surface area contributed by atoms with Crippen molar-refractivity contribution in [1.82, 2.24) is 14.5 Å². The minimum Gasteiger partial charge on any atom is -0.459 e. The summed E-state index contributed by atoms with van der Waals surface area (Å²) in [5.74, 6) is -1.23. The fourth-order valence-electron chi connectivity index (χ4n) is 3.74. The van der Waals surface area contributed by atoms with Crippen molar-refractivity contribution in [2.24, 2.45) is 0 Å². The van der Waals surface area contributed by atoms with Crippen molar-refractivity contribution in [3.8, 4) is 0 Å². The Morgan fingerprint density at radius 3 is 2.29 bits per heavy atom. The molecule has 1 saturated heterocycles. The van der Waals surface area contributed by atoms with Crippen LogP contribution in [0.4, 0.5) is 5.95 Å². The molecule has 2 N–H and O–H groups in total. The molecule has 0 bridgehead atoms. The number of aromatic nitrogens is 3. The van der Waals surface area contributed by atoms with Gasteiger partial charge in [-0.3, -0.25) is 4.57 Å². The number of nitrogens with zero attached hydrogens (tertiary/aromatic N) is 3. The minimum atomic E-state index is -0.829. The molecule has 4 rings (SSSR count). The average Bonchev–Trinajstić information content (AvgIpc) is 3.20. The van der Waals surface area contributed by atoms with E-state index >= 15 is 0 Å². The molecule has 2 heterocycles. The zero-order valence-corrected chi connectivity index (χ0v) is 18.7. The van der Waals surface area contributed by atoms with E-state index in [4.69, 9.17) is 19.9 Å². The van der Waals surface area contributed by atoms with Crippen LogP contribution in [0.1, 0.15) is 44.5 Å². The van der Waals surface area contributed by atoms with Crippen molar-refractivity contribution in [2.75, 3.05) is 12.3 Å². The van der Waals surface area contributed by atoms with Crippen LogP contribution in [0.3, 0.4) is 0 Å². The number of hydrogen-bond donors (Lipinski definition) is 1. The van der Waals surface area contributed by atoms with E-state index < -0.39 is 36.1 Å². The van der Waals surface area contributed by atoms with E-state index in [0.29, 0.717) is 11.1 Å². The third kappa shape index (κ3) is 4.96. The number of benzene rings is 2. The zero-order valence-electron chi connectivity index (χ0n) is 18.7. The third-order valence-corrected chi connectivity index (χ3v) is 5.60. The molecule has 176 valence electrons. The van der Waals surface area contributed by atoms with Gasteiger partial charge >= 0.3 is 17.6 Å². The number of esters is 2. The summed E-state index contributed by atoms with van der Waals surface area (Å²) in [6, 6.07) is 14.1. The third-order valence-electron chi connectivity index (χ3n) is 5.60. The molecule has 10 nitrogen and oxygen atoms in total. The summed E-state index contributed by atoms with van der Waals surface area (Å²) in [6.45, 7) is 3.43. The van der Waals surface area contributed by atoms with E-state index in [0.717, 1.165) is 15.7 Å². The first-order valence-electron chi connectivity index (χ1n) is 10.7. The van der Waals surface area contributed by atoms with Gasteiger partial charge in [0.15, 0.2) is 0 Å². The molecule has 0 spiro atoms. The lowest BCUT2D eigenvalue weighted by Gasteiger charge is -2.19. The van der Waals surface area contributed by atoms with Crippen molar-refractivity contribution in [2.45, 2.75) is 38.7 Å². The summed E-state index contributed by atoms with van der Waals surface area (Å²) in [7, 11) is 0. The first-order chi connectivity index (χ1) is 16.3. The van der Waals surface area contributed by atoms with Crippen molar-refractivity contribution in [3.05, 3.63) is 87.6 Å². The number of anilines is 1. The Morgan fingerprint density at radius 2 is 1.68 bits per heavy atom. The molecular formula is C24H24N4O6. The Kier molecular flexibility index (Phi) is 6.69. The summed E-state index contributed by atoms with van der Waals surface area (Å²) in [5, 5.41) is 0. The topological polar surface area (TPSA) is 136 Å². The van der Waals surface area contributed by atoms with Gasteiger partial charge in [0.2, 0.25) is 5.95 Å². The van der Waals surface area contributed by atoms with Crippen molar-refractivity contribution < 1.29 is 23.8 Å². The molecule has 0 radical (unpaired) electrons. The van der Waals surface area contributed by atoms with Crippen LogP contribution in [0, 0.1) is 13.8 Å². The van der Waals surface area contributed by atoms with Gasteiger partial charge in [-0.15, -0.1) is 0 Å². The average molecular weight is 464 g/mol. The maximum atomic E-state index is 12.8. The highest BCUT2D eigenvalue weighted by Gasteiger charge is 2.40. The van der Waals surface area contributed by atoms with Crippen LogP contribution >= 0.6 is 0 Å². The lowest BCUT2D eigenvalue weighted by atomic mass is 10.1. The van der Waals surface area contributed by atoms with Crippen LogP contribution < -0.4 is 11.4 Å². The van der Waals surface area contributed by atoms with E-state index in [-0.39, 0.29) is 19.0 Å². The molecule has 10 heteroatoms. The molecule has 3 aromatic rings. The molecule has 0 aliphatic carbocycles. The molecule has 34 heavy (non-hydrogen) atoms. The Hall–Kier alpha value is -4.05. The molecule has 0 unspecified atom stereocenters. The van der Waals surface area contributed by atoms with E-state index in [1.165, 1.54) is 6.33 Å². The Balaban J connectivity index is 1.53. The van der Waals surface area contributed by atoms with Gasteiger partial charge in [0.1, 0.15) is 31.4 Å². The zero-order chi connectivity index (χ0) is 24.2. The van der Waals surface area contributed by atoms with Crippen molar-refractivity contribution >= 4 is 17.9 Å². The number of nitrogens with two attached hydrogens (primary N) is 1. The number of hydrogen-bond acceptors (Lipinski definition) is 9. The van der Waals surface area contributed by atoms with Crippen LogP contribution in [0.2, 0.25) is 0 Å². The second kappa shape index (κ2) is 9.84. The number of carbonyl (C=O) groups excluding carboxylic acids is 2. The Bertz CT molecular complexity index is 1270. The molecular weight excluding hydrogens is 440 g/mol. The standard InChI is InChI=1S/C24H24N4O6/c1-14-7-3-5-9-16(14)21(29)32-12-19-18(34-22(30)17-10-6-4-8-15(17)2)11-20(33-19)28-13-26-23(25)27-24(28)31/h3-10,13,18-20H,11-12H2,1-2H3,(H2,25,27,31)/t18-,19+,20+/m1/s1. The maximum absolute atomic E-state index is 12.8. The smallest absolute Gasteiger partial charge is 0.354 e. The van der Waals surface area contributed by atoms with Gasteiger partial charge in [0.05, 0.1) is 11.1 Å². The minimum absolute atomic E-state index is 0.136. The summed E-state index contributed by atoms with van der Waals surface area (Å²) < 4.78 is 18.3. The second-order valence-electron chi connectivity index (χ2n) is 7.94. The van der Waals surface area contributed by atoms with Gasteiger partial charge in [0.25, 0.3) is 0 Å². The van der Waals surface area contributed by atoms with Gasteiger partial charge in [-0.2, -0.15) is 4.98 Å². The predicted molar refractivity (Wildman–Crippen MR) is 121 cm³/mol. The second-order valence-corrected chi connectivity index (χ2v) is 7.94. The van der Waals surface area contributed by atoms with Crippen LogP contribution in [0.15, 0.2) is 59.7 Å². The summed E-state index contributed by atoms with van der Waals surface area (Å²) in [6.07, 6.45) is -1.07. The highest BCUT2D eigenvalue weighted by atomic mass is 16.6. The molecule has 3 atom stereocenters. The van der Waals surface area contributed by atoms with Gasteiger partial charge in [-0.25, -0.2) is 19.4 Å². The molecule has 1 aliphatic heterocycles. The van der Waals surface area contributed by atoms with E-state index in [1.807, 2.05) is 12.1 Å². The van der Waals surface area contributed by atoms with E-state index in [9.17, 15) is 14.4 Å². The largest absolute Gasteiger partial charge is 0.459 e.